The van der Waals surface area contributed by atoms with Crippen LogP contribution in [0.5, 0.6) is 0 Å². The zero-order chi connectivity index (χ0) is 10.1. The molecule has 0 radical (unpaired) electrons. The van der Waals surface area contributed by atoms with Gasteiger partial charge >= 0.3 is 0 Å². The Morgan fingerprint density at radius 2 is 2.00 bits per heavy atom. The van der Waals surface area contributed by atoms with Crippen molar-refractivity contribution in [1.82, 2.24) is 5.32 Å². The molecule has 0 heterocycles. The SMILES string of the molecule is CCCCCN[C@H](C=O)CC(C)C. The summed E-state index contributed by atoms with van der Waals surface area (Å²) in [4.78, 5) is 10.6. The highest BCUT2D eigenvalue weighted by molar-refractivity contribution is 5.57. The minimum atomic E-state index is 0.0665. The fourth-order valence-electron chi connectivity index (χ4n) is 1.36. The molecule has 0 rings (SSSR count). The fraction of sp³-hybridized carbons (Fsp3) is 0.909. The summed E-state index contributed by atoms with van der Waals surface area (Å²) in [5.41, 5.74) is 0. The Hall–Kier alpha value is -0.370. The van der Waals surface area contributed by atoms with Crippen LogP contribution in [0.2, 0.25) is 0 Å². The molecule has 1 N–H and O–H groups in total. The third-order valence-corrected chi connectivity index (χ3v) is 2.08. The number of rotatable bonds is 8. The molecule has 0 fully saturated rings. The number of nitrogens with one attached hydrogen (secondary N) is 1. The van der Waals surface area contributed by atoms with E-state index in [0.29, 0.717) is 5.92 Å². The van der Waals surface area contributed by atoms with E-state index >= 15 is 0 Å². The summed E-state index contributed by atoms with van der Waals surface area (Å²) in [6, 6.07) is 0.0665. The second kappa shape index (κ2) is 8.24. The van der Waals surface area contributed by atoms with Crippen molar-refractivity contribution >= 4 is 6.29 Å². The van der Waals surface area contributed by atoms with Crippen molar-refractivity contribution in [1.29, 1.82) is 0 Å². The zero-order valence-electron chi connectivity index (χ0n) is 9.18. The molecular weight excluding hydrogens is 162 g/mol. The van der Waals surface area contributed by atoms with Gasteiger partial charge in [0.25, 0.3) is 0 Å². The number of carbonyl (C=O) groups excluding carboxylic acids is 1. The normalized spacial score (nSPS) is 13.2. The van der Waals surface area contributed by atoms with Crippen molar-refractivity contribution in [2.24, 2.45) is 5.92 Å². The number of hydrogen-bond acceptors (Lipinski definition) is 2. The van der Waals surface area contributed by atoms with Gasteiger partial charge in [-0.25, -0.2) is 0 Å². The van der Waals surface area contributed by atoms with E-state index < -0.39 is 0 Å². The van der Waals surface area contributed by atoms with Crippen molar-refractivity contribution in [2.45, 2.75) is 52.5 Å². The van der Waals surface area contributed by atoms with Gasteiger partial charge in [0, 0.05) is 0 Å². The summed E-state index contributed by atoms with van der Waals surface area (Å²) in [5.74, 6) is 0.592. The van der Waals surface area contributed by atoms with Gasteiger partial charge in [-0.2, -0.15) is 0 Å². The fourth-order valence-corrected chi connectivity index (χ4v) is 1.36. The molecule has 0 spiro atoms. The molecule has 0 amide bonds. The first-order valence-corrected chi connectivity index (χ1v) is 5.39. The highest BCUT2D eigenvalue weighted by Crippen LogP contribution is 2.03. The maximum Gasteiger partial charge on any atom is 0.136 e. The predicted octanol–water partition coefficient (Wildman–Crippen LogP) is 2.38. The van der Waals surface area contributed by atoms with Gasteiger partial charge in [0.05, 0.1) is 6.04 Å². The van der Waals surface area contributed by atoms with Gasteiger partial charge in [-0.15, -0.1) is 0 Å². The third kappa shape index (κ3) is 7.97. The smallest absolute Gasteiger partial charge is 0.136 e. The van der Waals surface area contributed by atoms with Gasteiger partial charge in [0.15, 0.2) is 0 Å². The molecule has 78 valence electrons. The Balaban J connectivity index is 3.42. The molecule has 0 saturated carbocycles. The van der Waals surface area contributed by atoms with E-state index in [0.717, 1.165) is 19.3 Å². The lowest BCUT2D eigenvalue weighted by Gasteiger charge is -2.14. The van der Waals surface area contributed by atoms with E-state index in [1.165, 1.54) is 19.3 Å². The molecule has 0 aliphatic rings. The van der Waals surface area contributed by atoms with Crippen LogP contribution in [-0.2, 0) is 4.79 Å². The molecule has 13 heavy (non-hydrogen) atoms. The van der Waals surface area contributed by atoms with Crippen molar-refractivity contribution in [2.75, 3.05) is 6.54 Å². The number of hydrogen-bond donors (Lipinski definition) is 1. The Bertz CT molecular complexity index is 123. The van der Waals surface area contributed by atoms with Crippen molar-refractivity contribution < 1.29 is 4.79 Å². The first kappa shape index (κ1) is 12.6. The topological polar surface area (TPSA) is 29.1 Å². The van der Waals surface area contributed by atoms with Crippen molar-refractivity contribution in [3.8, 4) is 0 Å². The summed E-state index contributed by atoms with van der Waals surface area (Å²) in [6.07, 6.45) is 5.65. The lowest BCUT2D eigenvalue weighted by molar-refractivity contribution is -0.109. The second-order valence-electron chi connectivity index (χ2n) is 4.03. The number of unbranched alkanes of at least 4 members (excludes halogenated alkanes) is 2. The molecule has 0 aromatic heterocycles. The monoisotopic (exact) mass is 185 g/mol. The quantitative estimate of drug-likeness (QED) is 0.464. The maximum atomic E-state index is 10.6. The maximum absolute atomic E-state index is 10.6. The van der Waals surface area contributed by atoms with Gasteiger partial charge in [0.2, 0.25) is 0 Å². The summed E-state index contributed by atoms with van der Waals surface area (Å²) >= 11 is 0. The molecule has 1 atom stereocenters. The van der Waals surface area contributed by atoms with E-state index in [4.69, 9.17) is 0 Å². The van der Waals surface area contributed by atoms with Crippen LogP contribution in [0.25, 0.3) is 0 Å². The van der Waals surface area contributed by atoms with Crippen LogP contribution in [0.1, 0.15) is 46.5 Å². The van der Waals surface area contributed by atoms with Gasteiger partial charge in [-0.05, 0) is 25.3 Å². The molecule has 0 aliphatic carbocycles. The van der Waals surface area contributed by atoms with E-state index in [1.807, 2.05) is 0 Å². The minimum absolute atomic E-state index is 0.0665. The first-order valence-electron chi connectivity index (χ1n) is 5.39. The Labute approximate surface area is 82.1 Å². The van der Waals surface area contributed by atoms with E-state index in [-0.39, 0.29) is 6.04 Å². The third-order valence-electron chi connectivity index (χ3n) is 2.08. The molecule has 0 aromatic carbocycles. The molecule has 0 bridgehead atoms. The first-order chi connectivity index (χ1) is 6.20. The average Bonchev–Trinajstić information content (AvgIpc) is 2.09. The van der Waals surface area contributed by atoms with Crippen molar-refractivity contribution in [3.05, 3.63) is 0 Å². The number of carbonyl (C=O) groups is 1. The average molecular weight is 185 g/mol. The summed E-state index contributed by atoms with van der Waals surface area (Å²) in [5, 5.41) is 3.27. The van der Waals surface area contributed by atoms with Crippen LogP contribution >= 0.6 is 0 Å². The molecule has 2 heteroatoms. The second-order valence-corrected chi connectivity index (χ2v) is 4.03. The lowest BCUT2D eigenvalue weighted by atomic mass is 10.0. The Kier molecular flexibility index (Phi) is 8.00. The zero-order valence-corrected chi connectivity index (χ0v) is 9.18. The predicted molar refractivity (Wildman–Crippen MR) is 56.8 cm³/mol. The Morgan fingerprint density at radius 1 is 1.31 bits per heavy atom. The molecule has 0 saturated heterocycles. The summed E-state index contributed by atoms with van der Waals surface area (Å²) in [6.45, 7) is 7.45. The van der Waals surface area contributed by atoms with Crippen LogP contribution < -0.4 is 5.32 Å². The largest absolute Gasteiger partial charge is 0.308 e. The van der Waals surface area contributed by atoms with Crippen LogP contribution in [0.3, 0.4) is 0 Å². The van der Waals surface area contributed by atoms with Gasteiger partial charge < -0.3 is 10.1 Å². The number of aldehydes is 1. The van der Waals surface area contributed by atoms with E-state index in [9.17, 15) is 4.79 Å². The van der Waals surface area contributed by atoms with Crippen LogP contribution in [0, 0.1) is 5.92 Å². The molecular formula is C11H23NO. The highest BCUT2D eigenvalue weighted by Gasteiger charge is 2.07. The molecule has 0 aliphatic heterocycles. The van der Waals surface area contributed by atoms with Crippen LogP contribution in [-0.4, -0.2) is 18.9 Å². The van der Waals surface area contributed by atoms with Crippen LogP contribution in [0.15, 0.2) is 0 Å². The molecule has 0 unspecified atom stereocenters. The van der Waals surface area contributed by atoms with E-state index in [1.54, 1.807) is 0 Å². The van der Waals surface area contributed by atoms with E-state index in [2.05, 4.69) is 26.1 Å². The lowest BCUT2D eigenvalue weighted by Crippen LogP contribution is -2.32. The van der Waals surface area contributed by atoms with Gasteiger partial charge in [-0.1, -0.05) is 33.6 Å². The highest BCUT2D eigenvalue weighted by atomic mass is 16.1. The summed E-state index contributed by atoms with van der Waals surface area (Å²) in [7, 11) is 0. The van der Waals surface area contributed by atoms with Crippen LogP contribution in [0.4, 0.5) is 0 Å². The van der Waals surface area contributed by atoms with Gasteiger partial charge in [-0.3, -0.25) is 0 Å². The molecule has 0 aromatic rings. The Morgan fingerprint density at radius 3 is 2.46 bits per heavy atom. The standard InChI is InChI=1S/C11H23NO/c1-4-5-6-7-12-11(9-13)8-10(2)3/h9-12H,4-8H2,1-3H3/t11-/m0/s1. The summed E-state index contributed by atoms with van der Waals surface area (Å²) < 4.78 is 0. The molecule has 2 nitrogen and oxygen atoms in total. The minimum Gasteiger partial charge on any atom is -0.308 e. The van der Waals surface area contributed by atoms with Crippen molar-refractivity contribution in [3.63, 3.8) is 0 Å². The van der Waals surface area contributed by atoms with Gasteiger partial charge in [0.1, 0.15) is 6.29 Å².